The van der Waals surface area contributed by atoms with E-state index in [1.807, 2.05) is 11.8 Å². The summed E-state index contributed by atoms with van der Waals surface area (Å²) in [5.74, 6) is 2.59. The Morgan fingerprint density at radius 1 is 1.43 bits per heavy atom. The average Bonchev–Trinajstić information content (AvgIpc) is 2.57. The van der Waals surface area contributed by atoms with Gasteiger partial charge in [-0.3, -0.25) is 0 Å². The summed E-state index contributed by atoms with van der Waals surface area (Å²) in [6.45, 7) is 4.38. The maximum absolute atomic E-state index is 5.83. The molecule has 2 rings (SSSR count). The van der Waals surface area contributed by atoms with E-state index in [1.54, 1.807) is 4.91 Å². The van der Waals surface area contributed by atoms with Crippen LogP contribution in [0.25, 0.3) is 0 Å². The molecule has 0 spiro atoms. The van der Waals surface area contributed by atoms with Gasteiger partial charge in [-0.05, 0) is 29.7 Å². The molecule has 0 saturated heterocycles. The van der Waals surface area contributed by atoms with Gasteiger partial charge in [0.25, 0.3) is 0 Å². The Kier molecular flexibility index (Phi) is 2.73. The summed E-state index contributed by atoms with van der Waals surface area (Å²) in [5, 5.41) is 0. The Morgan fingerprint density at radius 3 is 2.79 bits per heavy atom. The molecule has 76 valence electrons. The van der Waals surface area contributed by atoms with Crippen molar-refractivity contribution < 1.29 is 0 Å². The minimum absolute atomic E-state index is 0.595. The monoisotopic (exact) mass is 207 g/mol. The van der Waals surface area contributed by atoms with Gasteiger partial charge in [0, 0.05) is 17.4 Å². The highest BCUT2D eigenvalue weighted by Crippen LogP contribution is 2.38. The summed E-state index contributed by atoms with van der Waals surface area (Å²) < 4.78 is 0. The van der Waals surface area contributed by atoms with E-state index in [9.17, 15) is 0 Å². The molecule has 0 aromatic rings. The van der Waals surface area contributed by atoms with E-state index >= 15 is 0 Å². The molecular formula is C12H17NS. The molecule has 2 N–H and O–H groups in total. The fourth-order valence-electron chi connectivity index (χ4n) is 1.91. The van der Waals surface area contributed by atoms with Crippen LogP contribution < -0.4 is 5.73 Å². The average molecular weight is 207 g/mol. The van der Waals surface area contributed by atoms with Gasteiger partial charge in [-0.25, -0.2) is 0 Å². The van der Waals surface area contributed by atoms with Gasteiger partial charge in [-0.2, -0.15) is 0 Å². The van der Waals surface area contributed by atoms with Crippen molar-refractivity contribution in [2.45, 2.75) is 20.3 Å². The molecule has 1 aliphatic carbocycles. The van der Waals surface area contributed by atoms with Crippen molar-refractivity contribution in [2.75, 3.05) is 5.75 Å². The van der Waals surface area contributed by atoms with E-state index in [0.29, 0.717) is 5.92 Å². The zero-order valence-corrected chi connectivity index (χ0v) is 9.60. The molecule has 2 heteroatoms. The minimum Gasteiger partial charge on any atom is -0.399 e. The van der Waals surface area contributed by atoms with Crippen LogP contribution in [-0.4, -0.2) is 5.75 Å². The van der Waals surface area contributed by atoms with E-state index in [4.69, 9.17) is 5.73 Å². The molecule has 1 unspecified atom stereocenters. The van der Waals surface area contributed by atoms with Crippen LogP contribution in [-0.2, 0) is 0 Å². The maximum atomic E-state index is 5.83. The Balaban J connectivity index is 2.12. The second-order valence-corrected chi connectivity index (χ2v) is 5.30. The number of hydrogen-bond donors (Lipinski definition) is 1. The first-order chi connectivity index (χ1) is 6.66. The van der Waals surface area contributed by atoms with Crippen LogP contribution in [0.1, 0.15) is 20.3 Å². The zero-order valence-electron chi connectivity index (χ0n) is 8.79. The van der Waals surface area contributed by atoms with Crippen LogP contribution in [0, 0.1) is 11.8 Å². The summed E-state index contributed by atoms with van der Waals surface area (Å²) >= 11 is 2.01. The highest BCUT2D eigenvalue weighted by molar-refractivity contribution is 8.03. The largest absolute Gasteiger partial charge is 0.399 e. The van der Waals surface area contributed by atoms with E-state index in [0.717, 1.165) is 18.0 Å². The lowest BCUT2D eigenvalue weighted by molar-refractivity contribution is 0.774. The highest BCUT2D eigenvalue weighted by atomic mass is 32.2. The first-order valence-electron chi connectivity index (χ1n) is 5.15. The van der Waals surface area contributed by atoms with Gasteiger partial charge in [-0.1, -0.05) is 25.2 Å². The third-order valence-electron chi connectivity index (χ3n) is 2.83. The van der Waals surface area contributed by atoms with Crippen molar-refractivity contribution >= 4 is 11.8 Å². The van der Waals surface area contributed by atoms with Crippen LogP contribution >= 0.6 is 11.8 Å². The highest BCUT2D eigenvalue weighted by Gasteiger charge is 2.21. The third-order valence-corrected chi connectivity index (χ3v) is 4.29. The molecule has 0 aromatic carbocycles. The Labute approximate surface area is 90.1 Å². The van der Waals surface area contributed by atoms with Crippen molar-refractivity contribution in [3.63, 3.8) is 0 Å². The van der Waals surface area contributed by atoms with E-state index in [1.165, 1.54) is 11.3 Å². The Morgan fingerprint density at radius 2 is 2.21 bits per heavy atom. The molecule has 1 heterocycles. The van der Waals surface area contributed by atoms with Crippen molar-refractivity contribution in [2.24, 2.45) is 17.6 Å². The topological polar surface area (TPSA) is 26.0 Å². The molecule has 2 atom stereocenters. The van der Waals surface area contributed by atoms with E-state index < -0.39 is 0 Å². The predicted molar refractivity (Wildman–Crippen MR) is 63.8 cm³/mol. The van der Waals surface area contributed by atoms with Crippen molar-refractivity contribution in [3.05, 3.63) is 34.4 Å². The quantitative estimate of drug-likeness (QED) is 0.715. The molecule has 14 heavy (non-hydrogen) atoms. The smallest absolute Gasteiger partial charge is 0.0300 e. The molecule has 0 radical (unpaired) electrons. The lowest BCUT2D eigenvalue weighted by Gasteiger charge is -2.18. The van der Waals surface area contributed by atoms with Crippen molar-refractivity contribution in [1.82, 2.24) is 0 Å². The molecule has 0 amide bonds. The predicted octanol–water partition coefficient (Wildman–Crippen LogP) is 3.06. The molecule has 0 aromatic heterocycles. The molecule has 0 saturated carbocycles. The second-order valence-electron chi connectivity index (χ2n) is 4.21. The zero-order chi connectivity index (χ0) is 10.1. The first-order valence-corrected chi connectivity index (χ1v) is 6.14. The third kappa shape index (κ3) is 1.90. The van der Waals surface area contributed by atoms with Gasteiger partial charge in [0.15, 0.2) is 0 Å². The summed E-state index contributed by atoms with van der Waals surface area (Å²) in [7, 11) is 0. The molecule has 2 aliphatic rings. The summed E-state index contributed by atoms with van der Waals surface area (Å²) in [4.78, 5) is 1.54. The summed E-state index contributed by atoms with van der Waals surface area (Å²) in [6.07, 6.45) is 7.96. The van der Waals surface area contributed by atoms with Crippen LogP contribution in [0.15, 0.2) is 34.4 Å². The fraction of sp³-hybridized carbons (Fsp3) is 0.500. The van der Waals surface area contributed by atoms with Gasteiger partial charge in [0.1, 0.15) is 0 Å². The van der Waals surface area contributed by atoms with Crippen LogP contribution in [0.5, 0.6) is 0 Å². The number of nitrogens with two attached hydrogens (primary N) is 1. The van der Waals surface area contributed by atoms with Gasteiger partial charge in [0.05, 0.1) is 0 Å². The number of thioether (sulfide) groups is 1. The lowest BCUT2D eigenvalue weighted by Crippen LogP contribution is -2.08. The fourth-order valence-corrected chi connectivity index (χ4v) is 3.17. The van der Waals surface area contributed by atoms with Gasteiger partial charge < -0.3 is 5.73 Å². The minimum atomic E-state index is 0.595. The SMILES string of the molecule is CC1=C[C@@H](C2=CC(C)CS2)CC=C1N. The van der Waals surface area contributed by atoms with Gasteiger partial charge in [0.2, 0.25) is 0 Å². The van der Waals surface area contributed by atoms with Gasteiger partial charge in [-0.15, -0.1) is 11.8 Å². The summed E-state index contributed by atoms with van der Waals surface area (Å²) in [5.41, 5.74) is 8.03. The lowest BCUT2D eigenvalue weighted by atomic mass is 9.93. The molecular weight excluding hydrogens is 190 g/mol. The number of hydrogen-bond acceptors (Lipinski definition) is 2. The standard InChI is InChI=1S/C12H17NS/c1-8-5-12(14-7-8)10-3-4-11(13)9(2)6-10/h4-6,8,10H,3,7,13H2,1-2H3/t8?,10-/m0/s1. The van der Waals surface area contributed by atoms with Crippen molar-refractivity contribution in [1.29, 1.82) is 0 Å². The second kappa shape index (κ2) is 3.85. The molecule has 0 bridgehead atoms. The Bertz CT molecular complexity index is 325. The van der Waals surface area contributed by atoms with Gasteiger partial charge >= 0.3 is 0 Å². The molecule has 0 fully saturated rings. The van der Waals surface area contributed by atoms with E-state index in [-0.39, 0.29) is 0 Å². The number of allylic oxidation sites excluding steroid dienone is 5. The molecule has 1 nitrogen and oxygen atoms in total. The van der Waals surface area contributed by atoms with Crippen molar-refractivity contribution in [3.8, 4) is 0 Å². The van der Waals surface area contributed by atoms with Crippen LogP contribution in [0.4, 0.5) is 0 Å². The first kappa shape index (κ1) is 9.91. The molecule has 1 aliphatic heterocycles. The van der Waals surface area contributed by atoms with Crippen LogP contribution in [0.3, 0.4) is 0 Å². The Hall–Kier alpha value is -0.630. The maximum Gasteiger partial charge on any atom is 0.0300 e. The number of rotatable bonds is 1. The normalized spacial score (nSPS) is 32.3. The van der Waals surface area contributed by atoms with E-state index in [2.05, 4.69) is 32.1 Å². The summed E-state index contributed by atoms with van der Waals surface area (Å²) in [6, 6.07) is 0. The van der Waals surface area contributed by atoms with Crippen LogP contribution in [0.2, 0.25) is 0 Å².